The molecule has 5 rings (SSSR count). The fourth-order valence-corrected chi connectivity index (χ4v) is 5.11. The smallest absolute Gasteiger partial charge is 0.144 e. The van der Waals surface area contributed by atoms with Crippen LogP contribution in [0.4, 0.5) is 11.4 Å². The minimum absolute atomic E-state index is 0.481. The number of halogens is 1. The first-order valence-corrected chi connectivity index (χ1v) is 11.8. The molecule has 0 aliphatic carbocycles. The maximum atomic E-state index is 6.73. The van der Waals surface area contributed by atoms with Crippen molar-refractivity contribution in [2.24, 2.45) is 4.99 Å². The number of aromatic amines is 1. The number of hydrogen-bond donors (Lipinski definition) is 1. The molecule has 0 bridgehead atoms. The molecule has 1 N–H and O–H groups in total. The molecule has 6 nitrogen and oxygen atoms in total. The standard InChI is InChI=1S/C26H30ClN5O/c1-30(2)18-10-12-31(13-11-18)19-8-9-24(25(14-19)33-3)32-16-22(27)26(29-17-32)21-15-28-23-7-5-4-6-20(21)23/h4-9,14-16,18,28H,10-13,17H2,1-3H3. The first kappa shape index (κ1) is 21.9. The molecule has 1 saturated heterocycles. The number of rotatable bonds is 5. The van der Waals surface area contributed by atoms with Crippen molar-refractivity contribution in [3.63, 3.8) is 0 Å². The number of methoxy groups -OCH3 is 1. The Kier molecular flexibility index (Phi) is 6.04. The summed E-state index contributed by atoms with van der Waals surface area (Å²) in [7, 11) is 6.06. The van der Waals surface area contributed by atoms with Crippen molar-refractivity contribution in [1.29, 1.82) is 0 Å². The minimum atomic E-state index is 0.481. The maximum Gasteiger partial charge on any atom is 0.144 e. The second kappa shape index (κ2) is 9.12. The van der Waals surface area contributed by atoms with E-state index in [1.165, 1.54) is 18.5 Å². The molecule has 2 aromatic carbocycles. The van der Waals surface area contributed by atoms with Gasteiger partial charge in [-0.1, -0.05) is 29.8 Å². The molecule has 7 heteroatoms. The summed E-state index contributed by atoms with van der Waals surface area (Å²) in [5.41, 5.74) is 5.07. The Balaban J connectivity index is 1.36. The van der Waals surface area contributed by atoms with Crippen molar-refractivity contribution in [1.82, 2.24) is 9.88 Å². The van der Waals surface area contributed by atoms with E-state index in [1.54, 1.807) is 7.11 Å². The topological polar surface area (TPSA) is 47.1 Å². The van der Waals surface area contributed by atoms with Gasteiger partial charge in [-0.3, -0.25) is 4.99 Å². The largest absolute Gasteiger partial charge is 0.494 e. The van der Waals surface area contributed by atoms with Crippen molar-refractivity contribution in [3.8, 4) is 5.75 Å². The number of para-hydroxylation sites is 1. The predicted molar refractivity (Wildman–Crippen MR) is 138 cm³/mol. The van der Waals surface area contributed by atoms with Gasteiger partial charge in [-0.15, -0.1) is 0 Å². The SMILES string of the molecule is COc1cc(N2CCC(N(C)C)CC2)ccc1N1C=C(Cl)C(c2c[nH]c3ccccc23)=NC1. The fraction of sp³-hybridized carbons (Fsp3) is 0.346. The number of anilines is 2. The minimum Gasteiger partial charge on any atom is -0.494 e. The molecule has 0 spiro atoms. The summed E-state index contributed by atoms with van der Waals surface area (Å²) < 4.78 is 5.78. The summed E-state index contributed by atoms with van der Waals surface area (Å²) in [6, 6.07) is 15.3. The average Bonchev–Trinajstić information content (AvgIpc) is 3.27. The molecule has 172 valence electrons. The lowest BCUT2D eigenvalue weighted by Gasteiger charge is -2.37. The summed E-state index contributed by atoms with van der Waals surface area (Å²) in [4.78, 5) is 14.9. The molecule has 0 amide bonds. The van der Waals surface area contributed by atoms with E-state index in [1.807, 2.05) is 29.4 Å². The number of nitrogens with one attached hydrogen (secondary N) is 1. The van der Waals surface area contributed by atoms with Gasteiger partial charge in [0.15, 0.2) is 0 Å². The lowest BCUT2D eigenvalue weighted by atomic mass is 10.0. The van der Waals surface area contributed by atoms with Gasteiger partial charge >= 0.3 is 0 Å². The molecule has 3 heterocycles. The van der Waals surface area contributed by atoms with Gasteiger partial charge in [0.05, 0.1) is 23.5 Å². The molecule has 1 fully saturated rings. The number of nitrogens with zero attached hydrogens (tertiary/aromatic N) is 4. The van der Waals surface area contributed by atoms with Crippen LogP contribution in [0.3, 0.4) is 0 Å². The number of piperidine rings is 1. The van der Waals surface area contributed by atoms with E-state index in [4.69, 9.17) is 21.3 Å². The van der Waals surface area contributed by atoms with Gasteiger partial charge in [0.1, 0.15) is 12.4 Å². The Labute approximate surface area is 200 Å². The highest BCUT2D eigenvalue weighted by molar-refractivity contribution is 6.47. The molecule has 0 radical (unpaired) electrons. The van der Waals surface area contributed by atoms with Gasteiger partial charge in [0.2, 0.25) is 0 Å². The molecule has 3 aromatic rings. The Morgan fingerprint density at radius 1 is 1.12 bits per heavy atom. The van der Waals surface area contributed by atoms with Gasteiger partial charge in [0.25, 0.3) is 0 Å². The van der Waals surface area contributed by atoms with Gasteiger partial charge in [-0.05, 0) is 45.1 Å². The zero-order valence-electron chi connectivity index (χ0n) is 19.4. The van der Waals surface area contributed by atoms with Crippen LogP contribution in [0, 0.1) is 0 Å². The van der Waals surface area contributed by atoms with Crippen molar-refractivity contribution < 1.29 is 4.74 Å². The van der Waals surface area contributed by atoms with E-state index in [0.717, 1.165) is 46.7 Å². The molecule has 0 atom stereocenters. The number of H-pyrrole nitrogens is 1. The third kappa shape index (κ3) is 4.21. The average molecular weight is 464 g/mol. The van der Waals surface area contributed by atoms with E-state index in [0.29, 0.717) is 17.7 Å². The molecule has 1 aromatic heterocycles. The highest BCUT2D eigenvalue weighted by Crippen LogP contribution is 2.36. The number of aliphatic imine (C=N–C) groups is 1. The number of allylic oxidation sites excluding steroid dienone is 1. The maximum absolute atomic E-state index is 6.73. The van der Waals surface area contributed by atoms with Gasteiger partial charge in [-0.2, -0.15) is 0 Å². The number of benzene rings is 2. The molecule has 2 aliphatic rings. The lowest BCUT2D eigenvalue weighted by molar-refractivity contribution is 0.249. The van der Waals surface area contributed by atoms with Crippen LogP contribution >= 0.6 is 11.6 Å². The predicted octanol–water partition coefficient (Wildman–Crippen LogP) is 5.05. The number of ether oxygens (including phenoxy) is 1. The zero-order chi connectivity index (χ0) is 22.9. The third-order valence-electron chi connectivity index (χ3n) is 6.75. The van der Waals surface area contributed by atoms with Crippen LogP contribution in [0.1, 0.15) is 18.4 Å². The highest BCUT2D eigenvalue weighted by atomic mass is 35.5. The van der Waals surface area contributed by atoms with Crippen LogP contribution in [0.25, 0.3) is 10.9 Å². The monoisotopic (exact) mass is 463 g/mol. The summed E-state index contributed by atoms with van der Waals surface area (Å²) in [5, 5.41) is 1.74. The van der Waals surface area contributed by atoms with Crippen LogP contribution < -0.4 is 14.5 Å². The zero-order valence-corrected chi connectivity index (χ0v) is 20.1. The second-order valence-corrected chi connectivity index (χ2v) is 9.29. The van der Waals surface area contributed by atoms with Crippen molar-refractivity contribution in [3.05, 3.63) is 65.5 Å². The molecule has 33 heavy (non-hydrogen) atoms. The second-order valence-electron chi connectivity index (χ2n) is 8.88. The first-order valence-electron chi connectivity index (χ1n) is 11.4. The Bertz CT molecular complexity index is 1210. The van der Waals surface area contributed by atoms with E-state index in [2.05, 4.69) is 59.2 Å². The van der Waals surface area contributed by atoms with Gasteiger partial charge < -0.3 is 24.4 Å². The Hall–Kier alpha value is -2.96. The number of fused-ring (bicyclic) bond motifs is 1. The van der Waals surface area contributed by atoms with Crippen LogP contribution in [0.5, 0.6) is 5.75 Å². The van der Waals surface area contributed by atoms with Gasteiger partial charge in [0, 0.05) is 59.7 Å². The Morgan fingerprint density at radius 3 is 2.64 bits per heavy atom. The van der Waals surface area contributed by atoms with Crippen molar-refractivity contribution >= 4 is 39.6 Å². The molecule has 0 unspecified atom stereocenters. The summed E-state index contributed by atoms with van der Waals surface area (Å²) in [5.74, 6) is 0.827. The van der Waals surface area contributed by atoms with E-state index >= 15 is 0 Å². The lowest BCUT2D eigenvalue weighted by Crippen LogP contribution is -2.42. The van der Waals surface area contributed by atoms with E-state index in [-0.39, 0.29) is 0 Å². The summed E-state index contributed by atoms with van der Waals surface area (Å²) >= 11 is 6.73. The van der Waals surface area contributed by atoms with Gasteiger partial charge in [-0.25, -0.2) is 0 Å². The molecular formula is C26H30ClN5O. The molecular weight excluding hydrogens is 434 g/mol. The molecule has 0 saturated carbocycles. The third-order valence-corrected chi connectivity index (χ3v) is 7.03. The first-order chi connectivity index (χ1) is 16.0. The van der Waals surface area contributed by atoms with Crippen LogP contribution in [-0.2, 0) is 0 Å². The van der Waals surface area contributed by atoms with E-state index in [9.17, 15) is 0 Å². The normalized spacial score (nSPS) is 17.5. The Morgan fingerprint density at radius 2 is 1.91 bits per heavy atom. The van der Waals surface area contributed by atoms with Crippen molar-refractivity contribution in [2.75, 3.05) is 50.8 Å². The molecule has 2 aliphatic heterocycles. The van der Waals surface area contributed by atoms with Crippen LogP contribution in [-0.4, -0.2) is 62.6 Å². The van der Waals surface area contributed by atoms with Crippen LogP contribution in [0.15, 0.2) is 64.9 Å². The fourth-order valence-electron chi connectivity index (χ4n) is 4.83. The highest BCUT2D eigenvalue weighted by Gasteiger charge is 2.24. The van der Waals surface area contributed by atoms with E-state index < -0.39 is 0 Å². The number of aromatic nitrogens is 1. The summed E-state index contributed by atoms with van der Waals surface area (Å²) in [6.07, 6.45) is 6.27. The number of hydrogen-bond acceptors (Lipinski definition) is 5. The summed E-state index contributed by atoms with van der Waals surface area (Å²) in [6.45, 7) is 2.59. The quantitative estimate of drug-likeness (QED) is 0.575. The van der Waals surface area contributed by atoms with Crippen LogP contribution in [0.2, 0.25) is 0 Å². The van der Waals surface area contributed by atoms with Crippen molar-refractivity contribution in [2.45, 2.75) is 18.9 Å².